The highest BCUT2D eigenvalue weighted by Gasteiger charge is 2.59. The van der Waals surface area contributed by atoms with Gasteiger partial charge in [0.05, 0.1) is 32.3 Å². The van der Waals surface area contributed by atoms with Crippen LogP contribution in [-0.4, -0.2) is 105 Å². The van der Waals surface area contributed by atoms with Crippen molar-refractivity contribution in [2.24, 2.45) is 0 Å². The minimum atomic E-state index is -2.24. The van der Waals surface area contributed by atoms with Gasteiger partial charge in [-0.25, -0.2) is 4.79 Å². The van der Waals surface area contributed by atoms with E-state index in [-0.39, 0.29) is 12.7 Å². The van der Waals surface area contributed by atoms with Crippen LogP contribution in [0, 0.1) is 0 Å². The monoisotopic (exact) mass is 589 g/mol. The molecule has 0 saturated carbocycles. The fourth-order valence-corrected chi connectivity index (χ4v) is 4.71. The highest BCUT2D eigenvalue weighted by molar-refractivity contribution is 5.79. The summed E-state index contributed by atoms with van der Waals surface area (Å²) >= 11 is 0. The van der Waals surface area contributed by atoms with Gasteiger partial charge in [0.2, 0.25) is 5.91 Å². The number of amides is 1. The van der Waals surface area contributed by atoms with Gasteiger partial charge in [0.25, 0.3) is 5.79 Å². The van der Waals surface area contributed by atoms with Crippen molar-refractivity contribution in [2.45, 2.75) is 103 Å². The Morgan fingerprint density at radius 3 is 2.12 bits per heavy atom. The molecule has 0 spiro atoms. The average molecular weight is 590 g/mol. The lowest BCUT2D eigenvalue weighted by molar-refractivity contribution is -0.319. The van der Waals surface area contributed by atoms with E-state index in [1.165, 1.54) is 6.92 Å². The number of nitrogens with one attached hydrogen (secondary N) is 1. The minimum Gasteiger partial charge on any atom is -0.465 e. The first-order valence-electron chi connectivity index (χ1n) is 13.2. The quantitative estimate of drug-likeness (QED) is 0.238. The summed E-state index contributed by atoms with van der Waals surface area (Å²) in [6, 6.07) is -1.26. The highest BCUT2D eigenvalue weighted by Crippen LogP contribution is 2.37. The van der Waals surface area contributed by atoms with E-state index in [4.69, 9.17) is 37.9 Å². The van der Waals surface area contributed by atoms with E-state index < -0.39 is 85.0 Å². The van der Waals surface area contributed by atoms with Crippen LogP contribution in [0.1, 0.15) is 60.3 Å². The molecule has 0 aromatic rings. The van der Waals surface area contributed by atoms with E-state index in [0.29, 0.717) is 13.0 Å². The molecular weight excluding hydrogens is 550 g/mol. The third-order valence-electron chi connectivity index (χ3n) is 6.27. The summed E-state index contributed by atoms with van der Waals surface area (Å²) in [6.45, 7) is 5.36. The predicted octanol–water partition coefficient (Wildman–Crippen LogP) is 0.0932. The molecule has 0 bridgehead atoms. The topological polar surface area (TPSA) is 188 Å². The summed E-state index contributed by atoms with van der Waals surface area (Å²) in [5.74, 6) is -7.03. The van der Waals surface area contributed by atoms with Crippen LogP contribution in [0.3, 0.4) is 0 Å². The molecule has 0 aromatic heterocycles. The molecule has 1 unspecified atom stereocenters. The first-order valence-corrected chi connectivity index (χ1v) is 13.2. The number of rotatable bonds is 12. The highest BCUT2D eigenvalue weighted by atomic mass is 16.7. The Hall–Kier alpha value is -3.30. The van der Waals surface area contributed by atoms with Crippen molar-refractivity contribution in [3.63, 3.8) is 0 Å². The summed E-state index contributed by atoms with van der Waals surface area (Å²) in [5.41, 5.74) is 0. The predicted molar refractivity (Wildman–Crippen MR) is 135 cm³/mol. The van der Waals surface area contributed by atoms with E-state index in [1.54, 1.807) is 0 Å². The molecule has 7 atom stereocenters. The Balaban J connectivity index is 2.65. The van der Waals surface area contributed by atoms with Crippen LogP contribution in [0.4, 0.5) is 0 Å². The number of carbonyl (C=O) groups is 6. The van der Waals surface area contributed by atoms with Crippen molar-refractivity contribution in [3.8, 4) is 0 Å². The van der Waals surface area contributed by atoms with Gasteiger partial charge in [0.15, 0.2) is 12.2 Å². The maximum Gasteiger partial charge on any atom is 0.366 e. The van der Waals surface area contributed by atoms with Gasteiger partial charge in [-0.05, 0) is 19.3 Å². The van der Waals surface area contributed by atoms with Crippen LogP contribution in [0.5, 0.6) is 0 Å². The van der Waals surface area contributed by atoms with E-state index >= 15 is 0 Å². The number of esters is 5. The second kappa shape index (κ2) is 15.6. The van der Waals surface area contributed by atoms with Crippen LogP contribution < -0.4 is 5.32 Å². The van der Waals surface area contributed by atoms with E-state index in [9.17, 15) is 28.8 Å². The second-order valence-corrected chi connectivity index (χ2v) is 9.73. The van der Waals surface area contributed by atoms with Gasteiger partial charge in [-0.3, -0.25) is 24.0 Å². The molecular formula is C26H39NO14. The Kier molecular flexibility index (Phi) is 12.9. The molecule has 0 aromatic carbocycles. The summed E-state index contributed by atoms with van der Waals surface area (Å²) in [5, 5.41) is 2.60. The Bertz CT molecular complexity index is 964. The Morgan fingerprint density at radius 1 is 0.927 bits per heavy atom. The van der Waals surface area contributed by atoms with E-state index in [0.717, 1.165) is 47.6 Å². The maximum atomic E-state index is 13.3. The number of ether oxygens (including phenoxy) is 8. The summed E-state index contributed by atoms with van der Waals surface area (Å²) < 4.78 is 44.3. The largest absolute Gasteiger partial charge is 0.465 e. The van der Waals surface area contributed by atoms with Crippen LogP contribution in [0.25, 0.3) is 0 Å². The van der Waals surface area contributed by atoms with Gasteiger partial charge in [-0.1, -0.05) is 0 Å². The zero-order valence-corrected chi connectivity index (χ0v) is 24.1. The molecule has 0 aliphatic carbocycles. The minimum absolute atomic E-state index is 0.113. The van der Waals surface area contributed by atoms with Crippen molar-refractivity contribution in [2.75, 3.05) is 26.9 Å². The van der Waals surface area contributed by atoms with Crippen molar-refractivity contribution >= 4 is 35.8 Å². The normalized spacial score (nSPS) is 27.4. The number of hydrogen-bond acceptors (Lipinski definition) is 14. The molecule has 2 heterocycles. The zero-order valence-electron chi connectivity index (χ0n) is 24.1. The first kappa shape index (κ1) is 33.9. The molecule has 2 saturated heterocycles. The van der Waals surface area contributed by atoms with Crippen LogP contribution in [0.2, 0.25) is 0 Å². The number of carbonyl (C=O) groups excluding carboxylic acids is 6. The zero-order chi connectivity index (χ0) is 30.7. The van der Waals surface area contributed by atoms with Crippen molar-refractivity contribution in [1.29, 1.82) is 0 Å². The van der Waals surface area contributed by atoms with Crippen molar-refractivity contribution < 1.29 is 66.7 Å². The number of hydrogen-bond donors (Lipinski definition) is 1. The van der Waals surface area contributed by atoms with Crippen LogP contribution >= 0.6 is 0 Å². The van der Waals surface area contributed by atoms with Crippen LogP contribution in [-0.2, 0) is 66.7 Å². The van der Waals surface area contributed by atoms with Gasteiger partial charge in [0, 0.05) is 41.2 Å². The van der Waals surface area contributed by atoms with Crippen LogP contribution in [0.15, 0.2) is 0 Å². The summed E-state index contributed by atoms with van der Waals surface area (Å²) in [6.07, 6.45) is -4.35. The van der Waals surface area contributed by atoms with Gasteiger partial charge in [0.1, 0.15) is 18.8 Å². The molecule has 0 radical (unpaired) electrons. The molecule has 2 aliphatic rings. The molecule has 2 rings (SSSR count). The lowest BCUT2D eigenvalue weighted by Gasteiger charge is -2.48. The SMILES string of the molecule is COC(=O)[C@@]1(OCC2CCCCO2)C[C@H](OC(C)=O)[C@@H](NC(C)=O)[C@H]([C@H](OC(C)=O)[C@@H](COC(C)=O)OC(C)=O)O1. The van der Waals surface area contributed by atoms with E-state index in [2.05, 4.69) is 5.32 Å². The molecule has 15 heteroatoms. The Labute approximate surface area is 237 Å². The fraction of sp³-hybridized carbons (Fsp3) is 0.769. The lowest BCUT2D eigenvalue weighted by atomic mass is 9.88. The Morgan fingerprint density at radius 2 is 1.61 bits per heavy atom. The molecule has 1 N–H and O–H groups in total. The van der Waals surface area contributed by atoms with Gasteiger partial charge in [-0.15, -0.1) is 0 Å². The van der Waals surface area contributed by atoms with Crippen molar-refractivity contribution in [1.82, 2.24) is 5.32 Å². The third kappa shape index (κ3) is 10.2. The molecule has 2 fully saturated rings. The second-order valence-electron chi connectivity index (χ2n) is 9.73. The van der Waals surface area contributed by atoms with Gasteiger partial charge >= 0.3 is 29.8 Å². The van der Waals surface area contributed by atoms with Gasteiger partial charge in [-0.2, -0.15) is 0 Å². The average Bonchev–Trinajstić information content (AvgIpc) is 2.89. The lowest BCUT2D eigenvalue weighted by Crippen LogP contribution is -2.69. The molecule has 2 aliphatic heterocycles. The first-order chi connectivity index (χ1) is 19.3. The fourth-order valence-electron chi connectivity index (χ4n) is 4.71. The molecule has 232 valence electrons. The standard InChI is InChI=1S/C26H39NO14/c1-14(28)27-22-20(38-16(3)30)11-26(25(33)34-6,37-12-19-9-7-8-10-35-19)41-24(22)23(40-18(5)32)21(39-17(4)31)13-36-15(2)29/h19-24H,7-13H2,1-6H3,(H,27,28)/t19?,20-,21+,22+,23+,24+,26+/m0/s1. The van der Waals surface area contributed by atoms with Crippen molar-refractivity contribution in [3.05, 3.63) is 0 Å². The molecule has 15 nitrogen and oxygen atoms in total. The number of methoxy groups -OCH3 is 1. The molecule has 1 amide bonds. The maximum absolute atomic E-state index is 13.3. The summed E-state index contributed by atoms with van der Waals surface area (Å²) in [7, 11) is 1.09. The molecule has 41 heavy (non-hydrogen) atoms. The van der Waals surface area contributed by atoms with Gasteiger partial charge < -0.3 is 43.2 Å². The summed E-state index contributed by atoms with van der Waals surface area (Å²) in [4.78, 5) is 73.5. The third-order valence-corrected chi connectivity index (χ3v) is 6.27. The smallest absolute Gasteiger partial charge is 0.366 e. The van der Waals surface area contributed by atoms with E-state index in [1.807, 2.05) is 0 Å².